The minimum Gasteiger partial charge on any atom is -0.379 e. The second-order valence-electron chi connectivity index (χ2n) is 4.99. The van der Waals surface area contributed by atoms with E-state index in [0.717, 1.165) is 56.4 Å². The zero-order valence-corrected chi connectivity index (χ0v) is 11.3. The molecule has 2 aromatic rings. The summed E-state index contributed by atoms with van der Waals surface area (Å²) >= 11 is 0. The summed E-state index contributed by atoms with van der Waals surface area (Å²) in [6.45, 7) is 7.78. The van der Waals surface area contributed by atoms with E-state index in [1.165, 1.54) is 5.56 Å². The number of benzene rings is 1. The largest absolute Gasteiger partial charge is 0.379 e. The molecule has 5 heteroatoms. The van der Waals surface area contributed by atoms with E-state index in [0.29, 0.717) is 0 Å². The van der Waals surface area contributed by atoms with Crippen LogP contribution in [0.3, 0.4) is 0 Å². The molecule has 0 unspecified atom stereocenters. The Morgan fingerprint density at radius 1 is 1.37 bits per heavy atom. The van der Waals surface area contributed by atoms with Crippen LogP contribution in [0.5, 0.6) is 0 Å². The van der Waals surface area contributed by atoms with Gasteiger partial charge in [-0.15, -0.1) is 0 Å². The Hall–Kier alpha value is -1.59. The third-order valence-electron chi connectivity index (χ3n) is 3.46. The molecular formula is C14H20N4O. The molecule has 1 aliphatic heterocycles. The van der Waals surface area contributed by atoms with Gasteiger partial charge in [-0.2, -0.15) is 0 Å². The molecule has 102 valence electrons. The Morgan fingerprint density at radius 2 is 2.21 bits per heavy atom. The van der Waals surface area contributed by atoms with E-state index in [9.17, 15) is 0 Å². The van der Waals surface area contributed by atoms with Gasteiger partial charge >= 0.3 is 0 Å². The number of nitrogens with zero attached hydrogens (tertiary/aromatic N) is 2. The van der Waals surface area contributed by atoms with Crippen LogP contribution >= 0.6 is 0 Å². The van der Waals surface area contributed by atoms with E-state index < -0.39 is 0 Å². The molecule has 2 heterocycles. The fourth-order valence-corrected chi connectivity index (χ4v) is 2.36. The highest BCUT2D eigenvalue weighted by atomic mass is 16.5. The van der Waals surface area contributed by atoms with Gasteiger partial charge in [0, 0.05) is 26.2 Å². The van der Waals surface area contributed by atoms with E-state index in [-0.39, 0.29) is 0 Å². The predicted octanol–water partition coefficient (Wildman–Crippen LogP) is 1.62. The smallest absolute Gasteiger partial charge is 0.201 e. The van der Waals surface area contributed by atoms with Gasteiger partial charge in [0.05, 0.1) is 24.2 Å². The number of aryl methyl sites for hydroxylation is 1. The van der Waals surface area contributed by atoms with E-state index in [1.807, 2.05) is 6.07 Å². The third-order valence-corrected chi connectivity index (χ3v) is 3.46. The summed E-state index contributed by atoms with van der Waals surface area (Å²) in [7, 11) is 0. The number of nitrogens with one attached hydrogen (secondary N) is 2. The van der Waals surface area contributed by atoms with Crippen molar-refractivity contribution >= 4 is 17.0 Å². The summed E-state index contributed by atoms with van der Waals surface area (Å²) in [5, 5.41) is 3.35. The van der Waals surface area contributed by atoms with Crippen LogP contribution < -0.4 is 5.32 Å². The van der Waals surface area contributed by atoms with Crippen LogP contribution in [-0.4, -0.2) is 54.3 Å². The zero-order valence-electron chi connectivity index (χ0n) is 11.3. The summed E-state index contributed by atoms with van der Waals surface area (Å²) in [5.41, 5.74) is 3.35. The van der Waals surface area contributed by atoms with Crippen molar-refractivity contribution in [3.8, 4) is 0 Å². The number of aromatic nitrogens is 2. The first-order valence-electron chi connectivity index (χ1n) is 6.81. The van der Waals surface area contributed by atoms with Crippen molar-refractivity contribution in [1.29, 1.82) is 0 Å². The molecule has 1 aliphatic rings. The van der Waals surface area contributed by atoms with Crippen molar-refractivity contribution in [2.75, 3.05) is 44.7 Å². The third kappa shape index (κ3) is 3.05. The number of morpholine rings is 1. The van der Waals surface area contributed by atoms with Crippen molar-refractivity contribution in [2.45, 2.75) is 6.92 Å². The van der Waals surface area contributed by atoms with Crippen LogP contribution in [0.25, 0.3) is 11.0 Å². The Morgan fingerprint density at radius 3 is 3.05 bits per heavy atom. The molecule has 19 heavy (non-hydrogen) atoms. The van der Waals surface area contributed by atoms with Gasteiger partial charge in [0.15, 0.2) is 0 Å². The minimum absolute atomic E-state index is 0.851. The maximum atomic E-state index is 5.33. The number of imidazole rings is 1. The highest BCUT2D eigenvalue weighted by Crippen LogP contribution is 2.15. The zero-order chi connectivity index (χ0) is 13.1. The number of rotatable bonds is 4. The van der Waals surface area contributed by atoms with Crippen LogP contribution in [0.15, 0.2) is 18.2 Å². The fraction of sp³-hybridized carbons (Fsp3) is 0.500. The Bertz CT molecular complexity index is 545. The van der Waals surface area contributed by atoms with Crippen LogP contribution in [0.2, 0.25) is 0 Å². The maximum Gasteiger partial charge on any atom is 0.201 e. The number of hydrogen-bond donors (Lipinski definition) is 2. The molecule has 0 atom stereocenters. The van der Waals surface area contributed by atoms with Gasteiger partial charge < -0.3 is 15.0 Å². The summed E-state index contributed by atoms with van der Waals surface area (Å²) < 4.78 is 5.33. The van der Waals surface area contributed by atoms with Gasteiger partial charge in [-0.05, 0) is 24.6 Å². The SMILES string of the molecule is Cc1ccc2nc(NCCN3CCOCC3)[nH]c2c1. The quantitative estimate of drug-likeness (QED) is 0.877. The van der Waals surface area contributed by atoms with Crippen molar-refractivity contribution in [3.63, 3.8) is 0 Å². The number of ether oxygens (including phenoxy) is 1. The molecule has 0 amide bonds. The van der Waals surface area contributed by atoms with Gasteiger partial charge in [0.2, 0.25) is 5.95 Å². The van der Waals surface area contributed by atoms with Gasteiger partial charge in [-0.25, -0.2) is 4.98 Å². The summed E-state index contributed by atoms with van der Waals surface area (Å²) in [6.07, 6.45) is 0. The van der Waals surface area contributed by atoms with Gasteiger partial charge in [-0.1, -0.05) is 6.07 Å². The molecule has 0 saturated carbocycles. The van der Waals surface area contributed by atoms with Gasteiger partial charge in [0.25, 0.3) is 0 Å². The monoisotopic (exact) mass is 260 g/mol. The van der Waals surface area contributed by atoms with E-state index in [4.69, 9.17) is 4.74 Å². The lowest BCUT2D eigenvalue weighted by Gasteiger charge is -2.26. The molecule has 0 radical (unpaired) electrons. The summed E-state index contributed by atoms with van der Waals surface area (Å²) in [5.74, 6) is 0.855. The van der Waals surface area contributed by atoms with Crippen LogP contribution in [0, 0.1) is 6.92 Å². The summed E-state index contributed by atoms with van der Waals surface area (Å²) in [4.78, 5) is 10.2. The molecule has 1 saturated heterocycles. The molecule has 1 aromatic heterocycles. The highest BCUT2D eigenvalue weighted by Gasteiger charge is 2.09. The molecular weight excluding hydrogens is 240 g/mol. The van der Waals surface area contributed by atoms with E-state index in [1.54, 1.807) is 0 Å². The second kappa shape index (κ2) is 5.59. The lowest BCUT2D eigenvalue weighted by molar-refractivity contribution is 0.0398. The normalized spacial score (nSPS) is 16.9. The minimum atomic E-state index is 0.851. The molecule has 0 aliphatic carbocycles. The predicted molar refractivity (Wildman–Crippen MR) is 76.6 cm³/mol. The number of anilines is 1. The first-order valence-corrected chi connectivity index (χ1v) is 6.81. The molecule has 2 N–H and O–H groups in total. The lowest BCUT2D eigenvalue weighted by atomic mass is 10.2. The number of H-pyrrole nitrogens is 1. The van der Waals surface area contributed by atoms with Crippen molar-refractivity contribution in [2.24, 2.45) is 0 Å². The van der Waals surface area contributed by atoms with E-state index >= 15 is 0 Å². The van der Waals surface area contributed by atoms with Gasteiger partial charge in [0.1, 0.15) is 0 Å². The van der Waals surface area contributed by atoms with Crippen molar-refractivity contribution in [3.05, 3.63) is 23.8 Å². The number of hydrogen-bond acceptors (Lipinski definition) is 4. The molecule has 1 aromatic carbocycles. The van der Waals surface area contributed by atoms with E-state index in [2.05, 4.69) is 39.2 Å². The molecule has 5 nitrogen and oxygen atoms in total. The Kier molecular flexibility index (Phi) is 3.66. The molecule has 0 spiro atoms. The summed E-state index contributed by atoms with van der Waals surface area (Å²) in [6, 6.07) is 6.25. The van der Waals surface area contributed by atoms with Crippen LogP contribution in [0.1, 0.15) is 5.56 Å². The number of fused-ring (bicyclic) bond motifs is 1. The fourth-order valence-electron chi connectivity index (χ4n) is 2.36. The maximum absolute atomic E-state index is 5.33. The van der Waals surface area contributed by atoms with Crippen LogP contribution in [-0.2, 0) is 4.74 Å². The Balaban J connectivity index is 1.56. The molecule has 0 bridgehead atoms. The topological polar surface area (TPSA) is 53.2 Å². The standard InChI is InChI=1S/C14H20N4O/c1-11-2-3-12-13(10-11)17-14(16-12)15-4-5-18-6-8-19-9-7-18/h2-3,10H,4-9H2,1H3,(H2,15,16,17). The molecule has 1 fully saturated rings. The number of aromatic amines is 1. The second-order valence-corrected chi connectivity index (χ2v) is 4.99. The molecule has 3 rings (SSSR count). The van der Waals surface area contributed by atoms with Gasteiger partial charge in [-0.3, -0.25) is 4.90 Å². The lowest BCUT2D eigenvalue weighted by Crippen LogP contribution is -2.39. The first-order chi connectivity index (χ1) is 9.31. The van der Waals surface area contributed by atoms with Crippen LogP contribution in [0.4, 0.5) is 5.95 Å². The average Bonchev–Trinajstić information content (AvgIpc) is 2.82. The Labute approximate surface area is 113 Å². The average molecular weight is 260 g/mol. The first kappa shape index (κ1) is 12.4. The van der Waals surface area contributed by atoms with Crippen molar-refractivity contribution < 1.29 is 4.74 Å². The highest BCUT2D eigenvalue weighted by molar-refractivity contribution is 5.78. The van der Waals surface area contributed by atoms with Crippen molar-refractivity contribution in [1.82, 2.24) is 14.9 Å².